The Kier molecular flexibility index (Phi) is 8.33. The van der Waals surface area contributed by atoms with Gasteiger partial charge in [-0.1, -0.05) is 17.2 Å². The zero-order valence-corrected chi connectivity index (χ0v) is 18.5. The van der Waals surface area contributed by atoms with Gasteiger partial charge in [-0.3, -0.25) is 4.84 Å². The molecule has 1 aromatic rings. The maximum absolute atomic E-state index is 12.3. The molecule has 0 spiro atoms. The zero-order valence-electron chi connectivity index (χ0n) is 16.3. The summed E-state index contributed by atoms with van der Waals surface area (Å²) >= 11 is 2.25. The highest BCUT2D eigenvalue weighted by atomic mass is 127. The first-order valence-corrected chi connectivity index (χ1v) is 9.59. The van der Waals surface area contributed by atoms with Crippen molar-refractivity contribution in [2.24, 2.45) is 0 Å². The molecule has 0 aromatic heterocycles. The molecule has 0 bridgehead atoms. The molecule has 0 aliphatic rings. The molecule has 0 fully saturated rings. The highest BCUT2D eigenvalue weighted by Gasteiger charge is 2.32. The summed E-state index contributed by atoms with van der Waals surface area (Å²) in [6.45, 7) is 10.5. The number of carbonyl (C=O) groups is 2. The van der Waals surface area contributed by atoms with Crippen molar-refractivity contribution in [1.82, 2.24) is 5.06 Å². The van der Waals surface area contributed by atoms with E-state index in [0.717, 1.165) is 12.0 Å². The van der Waals surface area contributed by atoms with Gasteiger partial charge in [0.05, 0.1) is 6.61 Å². The van der Waals surface area contributed by atoms with Crippen LogP contribution in [0.5, 0.6) is 0 Å². The van der Waals surface area contributed by atoms with Crippen LogP contribution in [0.2, 0.25) is 0 Å². The van der Waals surface area contributed by atoms with E-state index in [1.807, 2.05) is 24.3 Å². The summed E-state index contributed by atoms with van der Waals surface area (Å²) in [5.74, 6) is 0. The number of hydroxylamine groups is 2. The summed E-state index contributed by atoms with van der Waals surface area (Å²) in [5, 5.41) is 0.560. The van der Waals surface area contributed by atoms with E-state index < -0.39 is 23.4 Å². The van der Waals surface area contributed by atoms with Gasteiger partial charge in [-0.25, -0.2) is 9.59 Å². The number of halogens is 1. The molecule has 146 valence electrons. The fourth-order valence-corrected chi connectivity index (χ4v) is 2.23. The third-order valence-corrected chi connectivity index (χ3v) is 3.58. The SMILES string of the molecule is CC(C)(C)OC(=O)N(OCCCc1ccc(I)cc1)C(=O)OC(C)(C)C. The van der Waals surface area contributed by atoms with E-state index in [0.29, 0.717) is 11.5 Å². The van der Waals surface area contributed by atoms with Gasteiger partial charge in [0.15, 0.2) is 0 Å². The Hall–Kier alpha value is -1.35. The van der Waals surface area contributed by atoms with Crippen LogP contribution in [0.4, 0.5) is 9.59 Å². The van der Waals surface area contributed by atoms with Crippen LogP contribution in [0.25, 0.3) is 0 Å². The van der Waals surface area contributed by atoms with Crippen LogP contribution in [-0.4, -0.2) is 35.1 Å². The fraction of sp³-hybridized carbons (Fsp3) is 0.579. The molecule has 0 unspecified atom stereocenters. The lowest BCUT2D eigenvalue weighted by Crippen LogP contribution is -2.43. The average molecular weight is 477 g/mol. The van der Waals surface area contributed by atoms with Crippen molar-refractivity contribution < 1.29 is 23.9 Å². The molecule has 0 saturated heterocycles. The summed E-state index contributed by atoms with van der Waals surface area (Å²) in [7, 11) is 0. The molecule has 2 amide bonds. The summed E-state index contributed by atoms with van der Waals surface area (Å²) in [6.07, 6.45) is -0.363. The molecule has 1 rings (SSSR count). The van der Waals surface area contributed by atoms with Crippen LogP contribution < -0.4 is 0 Å². The molecule has 0 aliphatic heterocycles. The predicted octanol–water partition coefficient (Wildman–Crippen LogP) is 5.33. The van der Waals surface area contributed by atoms with Crippen LogP contribution in [0.15, 0.2) is 24.3 Å². The molecule has 0 saturated carbocycles. The molecular formula is C19H28INO5. The van der Waals surface area contributed by atoms with Gasteiger partial charge in [0.25, 0.3) is 0 Å². The van der Waals surface area contributed by atoms with Gasteiger partial charge < -0.3 is 9.47 Å². The molecule has 26 heavy (non-hydrogen) atoms. The van der Waals surface area contributed by atoms with Crippen LogP contribution in [0, 0.1) is 3.57 Å². The highest BCUT2D eigenvalue weighted by molar-refractivity contribution is 14.1. The summed E-state index contributed by atoms with van der Waals surface area (Å²) in [6, 6.07) is 8.15. The van der Waals surface area contributed by atoms with Crippen LogP contribution >= 0.6 is 22.6 Å². The van der Waals surface area contributed by atoms with E-state index in [1.54, 1.807) is 41.5 Å². The lowest BCUT2D eigenvalue weighted by Gasteiger charge is -2.27. The second-order valence-corrected chi connectivity index (χ2v) is 9.06. The summed E-state index contributed by atoms with van der Waals surface area (Å²) < 4.78 is 11.6. The molecular weight excluding hydrogens is 449 g/mol. The number of hydrogen-bond acceptors (Lipinski definition) is 5. The Morgan fingerprint density at radius 1 is 0.923 bits per heavy atom. The molecule has 7 heteroatoms. The Morgan fingerprint density at radius 2 is 1.38 bits per heavy atom. The molecule has 0 N–H and O–H groups in total. The summed E-state index contributed by atoms with van der Waals surface area (Å²) in [4.78, 5) is 29.9. The number of rotatable bonds is 5. The van der Waals surface area contributed by atoms with Crippen molar-refractivity contribution in [3.63, 3.8) is 0 Å². The van der Waals surface area contributed by atoms with Gasteiger partial charge in [-0.15, -0.1) is 0 Å². The fourth-order valence-electron chi connectivity index (χ4n) is 1.87. The Bertz CT molecular complexity index is 574. The Labute approximate surface area is 169 Å². The quantitative estimate of drug-likeness (QED) is 0.326. The largest absolute Gasteiger partial charge is 0.444 e. The van der Waals surface area contributed by atoms with Gasteiger partial charge in [-0.05, 0) is 94.7 Å². The summed E-state index contributed by atoms with van der Waals surface area (Å²) in [5.41, 5.74) is -0.334. The van der Waals surface area contributed by atoms with Crippen molar-refractivity contribution in [3.8, 4) is 0 Å². The van der Waals surface area contributed by atoms with E-state index >= 15 is 0 Å². The minimum Gasteiger partial charge on any atom is -0.442 e. The van der Waals surface area contributed by atoms with Crippen molar-refractivity contribution in [3.05, 3.63) is 33.4 Å². The third-order valence-electron chi connectivity index (χ3n) is 2.86. The monoisotopic (exact) mass is 477 g/mol. The smallest absolute Gasteiger partial charge is 0.442 e. The maximum atomic E-state index is 12.3. The van der Waals surface area contributed by atoms with E-state index in [1.165, 1.54) is 3.57 Å². The molecule has 0 heterocycles. The van der Waals surface area contributed by atoms with Crippen molar-refractivity contribution in [2.75, 3.05) is 6.61 Å². The van der Waals surface area contributed by atoms with Gasteiger partial charge in [0.1, 0.15) is 11.2 Å². The van der Waals surface area contributed by atoms with E-state index in [9.17, 15) is 9.59 Å². The molecule has 1 aromatic carbocycles. The lowest BCUT2D eigenvalue weighted by molar-refractivity contribution is -0.138. The van der Waals surface area contributed by atoms with Crippen LogP contribution in [-0.2, 0) is 20.7 Å². The minimum atomic E-state index is -0.888. The number of hydrogen-bond donors (Lipinski definition) is 0. The van der Waals surface area contributed by atoms with Crippen molar-refractivity contribution in [1.29, 1.82) is 0 Å². The zero-order chi connectivity index (χ0) is 20.0. The van der Waals surface area contributed by atoms with Gasteiger partial charge >= 0.3 is 12.2 Å². The first-order valence-electron chi connectivity index (χ1n) is 8.51. The highest BCUT2D eigenvalue weighted by Crippen LogP contribution is 2.15. The van der Waals surface area contributed by atoms with E-state index in [-0.39, 0.29) is 6.61 Å². The maximum Gasteiger partial charge on any atom is 0.444 e. The Morgan fingerprint density at radius 3 is 1.81 bits per heavy atom. The molecule has 0 atom stereocenters. The normalized spacial score (nSPS) is 11.8. The number of carbonyl (C=O) groups excluding carboxylic acids is 2. The predicted molar refractivity (Wildman–Crippen MR) is 108 cm³/mol. The van der Waals surface area contributed by atoms with Crippen LogP contribution in [0.3, 0.4) is 0 Å². The molecule has 6 nitrogen and oxygen atoms in total. The first-order chi connectivity index (χ1) is 11.9. The number of ether oxygens (including phenoxy) is 2. The van der Waals surface area contributed by atoms with Gasteiger partial charge in [0, 0.05) is 3.57 Å². The van der Waals surface area contributed by atoms with Crippen molar-refractivity contribution in [2.45, 2.75) is 65.6 Å². The standard InChI is InChI=1S/C19H28INO5/c1-18(2,3)25-16(22)21(17(23)26-19(4,5)6)24-13-7-8-14-9-11-15(20)12-10-14/h9-12H,7-8,13H2,1-6H3. The Balaban J connectivity index is 2.64. The van der Waals surface area contributed by atoms with Gasteiger partial charge in [-0.2, -0.15) is 0 Å². The number of imide groups is 1. The number of amides is 2. The molecule has 0 aliphatic carbocycles. The van der Waals surface area contributed by atoms with E-state index in [2.05, 4.69) is 22.6 Å². The van der Waals surface area contributed by atoms with Gasteiger partial charge in [0.2, 0.25) is 0 Å². The number of benzene rings is 1. The lowest BCUT2D eigenvalue weighted by atomic mass is 10.1. The van der Waals surface area contributed by atoms with E-state index in [4.69, 9.17) is 14.3 Å². The average Bonchev–Trinajstić information content (AvgIpc) is 2.45. The second-order valence-electron chi connectivity index (χ2n) is 7.82. The molecule has 0 radical (unpaired) electrons. The van der Waals surface area contributed by atoms with Crippen LogP contribution in [0.1, 0.15) is 53.5 Å². The first kappa shape index (κ1) is 22.7. The number of aryl methyl sites for hydroxylation is 1. The minimum absolute atomic E-state index is 0.185. The number of nitrogens with zero attached hydrogens (tertiary/aromatic N) is 1. The van der Waals surface area contributed by atoms with Crippen molar-refractivity contribution >= 4 is 34.8 Å². The third kappa shape index (κ3) is 9.38. The second kappa shape index (κ2) is 9.55. The topological polar surface area (TPSA) is 65.1 Å².